The van der Waals surface area contributed by atoms with Gasteiger partial charge in [-0.05, 0) is 18.6 Å². The molecule has 2 rings (SSSR count). The van der Waals surface area contributed by atoms with Gasteiger partial charge in [-0.3, -0.25) is 9.78 Å². The largest absolute Gasteiger partial charge is 0.480 e. The van der Waals surface area contributed by atoms with Crippen LogP contribution in [0.2, 0.25) is 0 Å². The van der Waals surface area contributed by atoms with Crippen LogP contribution >= 0.6 is 0 Å². The molecule has 112 valence electrons. The molecule has 2 aromatic rings. The van der Waals surface area contributed by atoms with E-state index in [2.05, 4.69) is 9.71 Å². The van der Waals surface area contributed by atoms with Gasteiger partial charge in [-0.1, -0.05) is 18.2 Å². The number of aromatic nitrogens is 1. The molecule has 0 bridgehead atoms. The molecule has 0 fully saturated rings. The molecule has 0 saturated carbocycles. The Morgan fingerprint density at radius 3 is 2.67 bits per heavy atom. The predicted molar refractivity (Wildman–Crippen MR) is 75.2 cm³/mol. The van der Waals surface area contributed by atoms with E-state index in [0.717, 1.165) is 0 Å². The first-order valence-corrected chi connectivity index (χ1v) is 7.64. The van der Waals surface area contributed by atoms with Crippen LogP contribution in [0.3, 0.4) is 0 Å². The van der Waals surface area contributed by atoms with E-state index in [1.165, 1.54) is 12.3 Å². The molecule has 8 heteroatoms. The first-order chi connectivity index (χ1) is 9.95. The molecular formula is C13H14N2O5S. The quantitative estimate of drug-likeness (QED) is 0.709. The van der Waals surface area contributed by atoms with E-state index >= 15 is 0 Å². The van der Waals surface area contributed by atoms with Crippen molar-refractivity contribution in [3.05, 3.63) is 36.5 Å². The number of nitrogens with zero attached hydrogens (tertiary/aromatic N) is 1. The summed E-state index contributed by atoms with van der Waals surface area (Å²) in [5.41, 5.74) is 0.264. The summed E-state index contributed by atoms with van der Waals surface area (Å²) in [5.74, 6) is -1.35. The predicted octanol–water partition coefficient (Wildman–Crippen LogP) is 0.349. The van der Waals surface area contributed by atoms with Crippen LogP contribution in [0.25, 0.3) is 10.9 Å². The summed E-state index contributed by atoms with van der Waals surface area (Å²) < 4.78 is 26.8. The maximum atomic E-state index is 12.3. The number of benzene rings is 1. The number of hydrogen-bond donors (Lipinski definition) is 3. The van der Waals surface area contributed by atoms with Crippen LogP contribution in [0.15, 0.2) is 41.4 Å². The molecular weight excluding hydrogens is 296 g/mol. The number of carboxylic acids is 1. The molecule has 7 nitrogen and oxygen atoms in total. The average Bonchev–Trinajstić information content (AvgIpc) is 2.46. The van der Waals surface area contributed by atoms with Crippen molar-refractivity contribution in [1.29, 1.82) is 0 Å². The zero-order chi connectivity index (χ0) is 15.5. The van der Waals surface area contributed by atoms with E-state index in [1.54, 1.807) is 24.3 Å². The molecule has 21 heavy (non-hydrogen) atoms. The van der Waals surface area contributed by atoms with Crippen LogP contribution in [0.4, 0.5) is 0 Å². The molecule has 0 aliphatic heterocycles. The van der Waals surface area contributed by atoms with Crippen molar-refractivity contribution in [1.82, 2.24) is 9.71 Å². The molecule has 1 aromatic carbocycles. The highest BCUT2D eigenvalue weighted by molar-refractivity contribution is 7.89. The normalized spacial score (nSPS) is 13.2. The number of aliphatic carboxylic acids is 1. The molecule has 3 N–H and O–H groups in total. The topological polar surface area (TPSA) is 117 Å². The Labute approximate surface area is 121 Å². The second-order valence-corrected chi connectivity index (χ2v) is 6.04. The molecule has 1 unspecified atom stereocenters. The molecule has 1 aromatic heterocycles. The summed E-state index contributed by atoms with van der Waals surface area (Å²) in [6.07, 6.45) is 1.25. The van der Waals surface area contributed by atoms with Gasteiger partial charge in [-0.15, -0.1) is 0 Å². The maximum absolute atomic E-state index is 12.3. The van der Waals surface area contributed by atoms with Gasteiger partial charge in [0, 0.05) is 18.2 Å². The van der Waals surface area contributed by atoms with E-state index < -0.39 is 28.6 Å². The Bertz CT molecular complexity index is 755. The average molecular weight is 310 g/mol. The Kier molecular flexibility index (Phi) is 4.51. The first-order valence-electron chi connectivity index (χ1n) is 6.15. The lowest BCUT2D eigenvalue weighted by Crippen LogP contribution is -2.41. The highest BCUT2D eigenvalue weighted by Gasteiger charge is 2.26. The zero-order valence-electron chi connectivity index (χ0n) is 10.9. The number of para-hydroxylation sites is 1. The Morgan fingerprint density at radius 2 is 2.00 bits per heavy atom. The fourth-order valence-corrected chi connectivity index (χ4v) is 3.31. The summed E-state index contributed by atoms with van der Waals surface area (Å²) in [6.45, 7) is -0.437. The lowest BCUT2D eigenvalue weighted by Gasteiger charge is -2.14. The van der Waals surface area contributed by atoms with Gasteiger partial charge >= 0.3 is 5.97 Å². The fourth-order valence-electron chi connectivity index (χ4n) is 1.91. The fraction of sp³-hybridized carbons (Fsp3) is 0.231. The van der Waals surface area contributed by atoms with Crippen LogP contribution in [0.1, 0.15) is 6.42 Å². The van der Waals surface area contributed by atoms with E-state index in [4.69, 9.17) is 10.2 Å². The number of rotatable bonds is 6. The number of fused-ring (bicyclic) bond motifs is 1. The minimum absolute atomic E-state index is 0.0928. The maximum Gasteiger partial charge on any atom is 0.321 e. The van der Waals surface area contributed by atoms with Crippen molar-refractivity contribution in [3.8, 4) is 0 Å². The van der Waals surface area contributed by atoms with E-state index in [9.17, 15) is 13.2 Å². The number of pyridine rings is 1. The van der Waals surface area contributed by atoms with Gasteiger partial charge in [0.15, 0.2) is 0 Å². The van der Waals surface area contributed by atoms with Crippen molar-refractivity contribution in [2.45, 2.75) is 17.4 Å². The lowest BCUT2D eigenvalue weighted by atomic mass is 10.2. The standard InChI is InChI=1S/C13H14N2O5S/c16-8-6-10(13(17)18)15-21(19,20)11-5-1-3-9-4-2-7-14-12(9)11/h1-5,7,10,15-16H,6,8H2,(H,17,18). The van der Waals surface area contributed by atoms with Gasteiger partial charge in [0.05, 0.1) is 5.52 Å². The number of aliphatic hydroxyl groups is 1. The van der Waals surface area contributed by atoms with Gasteiger partial charge < -0.3 is 10.2 Å². The van der Waals surface area contributed by atoms with Gasteiger partial charge in [0.1, 0.15) is 10.9 Å². The molecule has 0 aliphatic carbocycles. The molecule has 0 amide bonds. The van der Waals surface area contributed by atoms with Crippen LogP contribution < -0.4 is 4.72 Å². The van der Waals surface area contributed by atoms with Crippen molar-refractivity contribution in [2.24, 2.45) is 0 Å². The van der Waals surface area contributed by atoms with Crippen LogP contribution in [-0.4, -0.2) is 42.2 Å². The molecule has 0 radical (unpaired) electrons. The summed E-state index contributed by atoms with van der Waals surface area (Å²) in [4.78, 5) is 14.9. The van der Waals surface area contributed by atoms with Crippen molar-refractivity contribution in [3.63, 3.8) is 0 Å². The van der Waals surface area contributed by atoms with Gasteiger partial charge in [-0.2, -0.15) is 4.72 Å². The van der Waals surface area contributed by atoms with E-state index in [1.807, 2.05) is 0 Å². The third-order valence-electron chi connectivity index (χ3n) is 2.90. The highest BCUT2D eigenvalue weighted by atomic mass is 32.2. The molecule has 0 spiro atoms. The minimum Gasteiger partial charge on any atom is -0.480 e. The summed E-state index contributed by atoms with van der Waals surface area (Å²) in [7, 11) is -4.06. The number of aliphatic hydroxyl groups excluding tert-OH is 1. The summed E-state index contributed by atoms with van der Waals surface area (Å²) >= 11 is 0. The van der Waals surface area contributed by atoms with E-state index in [0.29, 0.717) is 5.39 Å². The number of carboxylic acid groups (broad SMARTS) is 1. The third kappa shape index (κ3) is 3.35. The third-order valence-corrected chi connectivity index (χ3v) is 4.40. The molecule has 1 atom stereocenters. The molecule has 1 heterocycles. The van der Waals surface area contributed by atoms with Crippen LogP contribution in [0.5, 0.6) is 0 Å². The van der Waals surface area contributed by atoms with Crippen molar-refractivity contribution < 1.29 is 23.4 Å². The van der Waals surface area contributed by atoms with Gasteiger partial charge in [-0.25, -0.2) is 8.42 Å². The Balaban J connectivity index is 2.44. The monoisotopic (exact) mass is 310 g/mol. The minimum atomic E-state index is -4.06. The Hall–Kier alpha value is -2.03. The number of carbonyl (C=O) groups is 1. The Morgan fingerprint density at radius 1 is 1.29 bits per heavy atom. The highest BCUT2D eigenvalue weighted by Crippen LogP contribution is 2.20. The van der Waals surface area contributed by atoms with Crippen LogP contribution in [0, 0.1) is 0 Å². The first kappa shape index (κ1) is 15.4. The smallest absolute Gasteiger partial charge is 0.321 e. The van der Waals surface area contributed by atoms with Crippen molar-refractivity contribution >= 4 is 26.9 Å². The van der Waals surface area contributed by atoms with Gasteiger partial charge in [0.2, 0.25) is 10.0 Å². The van der Waals surface area contributed by atoms with Crippen molar-refractivity contribution in [2.75, 3.05) is 6.61 Å². The second kappa shape index (κ2) is 6.17. The summed E-state index contributed by atoms with van der Waals surface area (Å²) in [6, 6.07) is 6.63. The lowest BCUT2D eigenvalue weighted by molar-refractivity contribution is -0.139. The number of hydrogen-bond acceptors (Lipinski definition) is 5. The van der Waals surface area contributed by atoms with E-state index in [-0.39, 0.29) is 16.8 Å². The molecule has 0 saturated heterocycles. The summed E-state index contributed by atoms with van der Waals surface area (Å²) in [5, 5.41) is 18.4. The molecule has 0 aliphatic rings. The van der Waals surface area contributed by atoms with Gasteiger partial charge in [0.25, 0.3) is 0 Å². The second-order valence-electron chi connectivity index (χ2n) is 4.36. The zero-order valence-corrected chi connectivity index (χ0v) is 11.7. The SMILES string of the molecule is O=C(O)C(CCO)NS(=O)(=O)c1cccc2cccnc12. The number of nitrogens with one attached hydrogen (secondary N) is 1. The van der Waals surface area contributed by atoms with Crippen LogP contribution in [-0.2, 0) is 14.8 Å². The number of sulfonamides is 1.